The number of thiophene rings is 1. The summed E-state index contributed by atoms with van der Waals surface area (Å²) in [5.41, 5.74) is 8.12. The third-order valence-corrected chi connectivity index (χ3v) is 4.79. The van der Waals surface area contributed by atoms with Gasteiger partial charge < -0.3 is 11.1 Å². The first kappa shape index (κ1) is 15.6. The third-order valence-electron chi connectivity index (χ3n) is 3.83. The van der Waals surface area contributed by atoms with E-state index < -0.39 is 5.41 Å². The van der Waals surface area contributed by atoms with Crippen LogP contribution in [0.4, 0.5) is 5.69 Å². The number of carbonyl (C=O) groups excluding carboxylic acids is 1. The highest BCUT2D eigenvalue weighted by Crippen LogP contribution is 2.25. The lowest BCUT2D eigenvalue weighted by Crippen LogP contribution is -2.39. The molecule has 0 bridgehead atoms. The second-order valence-electron chi connectivity index (χ2n) is 5.65. The van der Waals surface area contributed by atoms with Crippen LogP contribution in [-0.4, -0.2) is 5.91 Å². The Labute approximate surface area is 130 Å². The molecule has 0 atom stereocenters. The van der Waals surface area contributed by atoms with Crippen molar-refractivity contribution in [1.82, 2.24) is 5.32 Å². The standard InChI is InChI=1S/C17H22N2OS/c1-4-12-9-10-21-15(12)11-19-16(20)17(2,3)13-5-7-14(18)8-6-13/h5-10H,4,11,18H2,1-3H3,(H,19,20). The number of nitrogens with two attached hydrogens (primary N) is 1. The molecule has 1 amide bonds. The highest BCUT2D eigenvalue weighted by atomic mass is 32.1. The molecule has 0 spiro atoms. The van der Waals surface area contributed by atoms with Gasteiger partial charge in [-0.25, -0.2) is 0 Å². The van der Waals surface area contributed by atoms with Crippen molar-refractivity contribution in [3.8, 4) is 0 Å². The van der Waals surface area contributed by atoms with Gasteiger partial charge in [0.1, 0.15) is 0 Å². The largest absolute Gasteiger partial charge is 0.399 e. The van der Waals surface area contributed by atoms with Crippen LogP contribution in [0.3, 0.4) is 0 Å². The van der Waals surface area contributed by atoms with Gasteiger partial charge in [-0.15, -0.1) is 11.3 Å². The number of anilines is 1. The SMILES string of the molecule is CCc1ccsc1CNC(=O)C(C)(C)c1ccc(N)cc1. The zero-order valence-corrected chi connectivity index (χ0v) is 13.6. The molecule has 0 aliphatic heterocycles. The lowest BCUT2D eigenvalue weighted by Gasteiger charge is -2.24. The van der Waals surface area contributed by atoms with Crippen LogP contribution in [0.15, 0.2) is 35.7 Å². The first-order chi connectivity index (χ1) is 9.95. The Hall–Kier alpha value is -1.81. The van der Waals surface area contributed by atoms with Gasteiger partial charge in [0.15, 0.2) is 0 Å². The normalized spacial score (nSPS) is 11.4. The molecular formula is C17H22N2OS. The topological polar surface area (TPSA) is 55.1 Å². The van der Waals surface area contributed by atoms with Crippen LogP contribution in [0.1, 0.15) is 36.8 Å². The molecule has 1 aromatic carbocycles. The second-order valence-corrected chi connectivity index (χ2v) is 6.65. The van der Waals surface area contributed by atoms with Gasteiger partial charge in [0.2, 0.25) is 5.91 Å². The summed E-state index contributed by atoms with van der Waals surface area (Å²) in [6.07, 6.45) is 0.996. The van der Waals surface area contributed by atoms with E-state index >= 15 is 0 Å². The average molecular weight is 302 g/mol. The van der Waals surface area contributed by atoms with Gasteiger partial charge in [-0.2, -0.15) is 0 Å². The minimum Gasteiger partial charge on any atom is -0.399 e. The second kappa shape index (κ2) is 6.31. The molecule has 0 fully saturated rings. The molecule has 0 aliphatic carbocycles. The van der Waals surface area contributed by atoms with Crippen molar-refractivity contribution in [2.75, 3.05) is 5.73 Å². The molecule has 3 N–H and O–H groups in total. The van der Waals surface area contributed by atoms with E-state index in [2.05, 4.69) is 23.7 Å². The number of carbonyl (C=O) groups is 1. The summed E-state index contributed by atoms with van der Waals surface area (Å²) in [5, 5.41) is 5.13. The van der Waals surface area contributed by atoms with E-state index in [9.17, 15) is 4.79 Å². The monoisotopic (exact) mass is 302 g/mol. The van der Waals surface area contributed by atoms with Gasteiger partial charge in [-0.3, -0.25) is 4.79 Å². The minimum absolute atomic E-state index is 0.0303. The fourth-order valence-electron chi connectivity index (χ4n) is 2.25. The fourth-order valence-corrected chi connectivity index (χ4v) is 3.17. The average Bonchev–Trinajstić information content (AvgIpc) is 2.92. The van der Waals surface area contributed by atoms with Gasteiger partial charge >= 0.3 is 0 Å². The minimum atomic E-state index is -0.572. The summed E-state index contributed by atoms with van der Waals surface area (Å²) < 4.78 is 0. The maximum atomic E-state index is 12.5. The molecule has 3 nitrogen and oxygen atoms in total. The van der Waals surface area contributed by atoms with Crippen LogP contribution in [0, 0.1) is 0 Å². The zero-order chi connectivity index (χ0) is 15.5. The first-order valence-electron chi connectivity index (χ1n) is 7.14. The molecule has 0 saturated heterocycles. The lowest BCUT2D eigenvalue weighted by molar-refractivity contribution is -0.125. The lowest BCUT2D eigenvalue weighted by atomic mass is 9.83. The Morgan fingerprint density at radius 2 is 1.90 bits per heavy atom. The van der Waals surface area contributed by atoms with Crippen molar-refractivity contribution in [3.63, 3.8) is 0 Å². The predicted octanol–water partition coefficient (Wildman–Crippen LogP) is 3.49. The molecule has 4 heteroatoms. The number of rotatable bonds is 5. The van der Waals surface area contributed by atoms with E-state index in [0.29, 0.717) is 12.2 Å². The zero-order valence-electron chi connectivity index (χ0n) is 12.8. The van der Waals surface area contributed by atoms with Crippen molar-refractivity contribution in [2.45, 2.75) is 39.2 Å². The molecule has 0 unspecified atom stereocenters. The molecule has 2 rings (SSSR count). The summed E-state index contributed by atoms with van der Waals surface area (Å²) in [6, 6.07) is 9.62. The van der Waals surface area contributed by atoms with Gasteiger partial charge in [-0.05, 0) is 55.0 Å². The van der Waals surface area contributed by atoms with Crippen molar-refractivity contribution in [3.05, 3.63) is 51.7 Å². The molecule has 1 aromatic heterocycles. The number of nitrogen functional groups attached to an aromatic ring is 1. The highest BCUT2D eigenvalue weighted by molar-refractivity contribution is 7.10. The Balaban J connectivity index is 2.06. The summed E-state index contributed by atoms with van der Waals surface area (Å²) in [4.78, 5) is 13.7. The third kappa shape index (κ3) is 3.45. The first-order valence-corrected chi connectivity index (χ1v) is 8.02. The molecule has 112 valence electrons. The van der Waals surface area contributed by atoms with Gasteiger partial charge in [-0.1, -0.05) is 19.1 Å². The quantitative estimate of drug-likeness (QED) is 0.831. The van der Waals surface area contributed by atoms with Crippen molar-refractivity contribution >= 4 is 22.9 Å². The number of hydrogen-bond acceptors (Lipinski definition) is 3. The molecule has 2 aromatic rings. The van der Waals surface area contributed by atoms with E-state index in [1.165, 1.54) is 10.4 Å². The Bertz CT molecular complexity index is 614. The van der Waals surface area contributed by atoms with Gasteiger partial charge in [0, 0.05) is 10.6 Å². The Morgan fingerprint density at radius 1 is 1.24 bits per heavy atom. The van der Waals surface area contributed by atoms with Gasteiger partial charge in [0.05, 0.1) is 12.0 Å². The maximum Gasteiger partial charge on any atom is 0.230 e. The van der Waals surface area contributed by atoms with Crippen LogP contribution >= 0.6 is 11.3 Å². The molecule has 21 heavy (non-hydrogen) atoms. The summed E-state index contributed by atoms with van der Waals surface area (Å²) in [5.74, 6) is 0.0303. The van der Waals surface area contributed by atoms with Crippen LogP contribution in [0.2, 0.25) is 0 Å². The van der Waals surface area contributed by atoms with Crippen LogP contribution in [0.5, 0.6) is 0 Å². The van der Waals surface area contributed by atoms with E-state index in [0.717, 1.165) is 12.0 Å². The van der Waals surface area contributed by atoms with E-state index in [4.69, 9.17) is 5.73 Å². The van der Waals surface area contributed by atoms with Crippen molar-refractivity contribution < 1.29 is 4.79 Å². The van der Waals surface area contributed by atoms with Gasteiger partial charge in [0.25, 0.3) is 0 Å². The molecule has 1 heterocycles. The number of benzene rings is 1. The van der Waals surface area contributed by atoms with Crippen LogP contribution in [0.25, 0.3) is 0 Å². The van der Waals surface area contributed by atoms with E-state index in [1.807, 2.05) is 38.1 Å². The Morgan fingerprint density at radius 3 is 2.52 bits per heavy atom. The highest BCUT2D eigenvalue weighted by Gasteiger charge is 2.29. The number of hydrogen-bond donors (Lipinski definition) is 2. The molecule has 0 saturated carbocycles. The summed E-state index contributed by atoms with van der Waals surface area (Å²) in [7, 11) is 0. The number of amides is 1. The Kier molecular flexibility index (Phi) is 4.68. The predicted molar refractivity (Wildman–Crippen MR) is 89.4 cm³/mol. The van der Waals surface area contributed by atoms with Crippen LogP contribution < -0.4 is 11.1 Å². The number of nitrogens with one attached hydrogen (secondary N) is 1. The van der Waals surface area contributed by atoms with E-state index in [1.54, 1.807) is 11.3 Å². The molecular weight excluding hydrogens is 280 g/mol. The van der Waals surface area contributed by atoms with E-state index in [-0.39, 0.29) is 5.91 Å². The smallest absolute Gasteiger partial charge is 0.230 e. The summed E-state index contributed by atoms with van der Waals surface area (Å²) >= 11 is 1.69. The fraction of sp³-hybridized carbons (Fsp3) is 0.353. The maximum absolute atomic E-state index is 12.5. The van der Waals surface area contributed by atoms with Crippen molar-refractivity contribution in [2.24, 2.45) is 0 Å². The van der Waals surface area contributed by atoms with Crippen molar-refractivity contribution in [1.29, 1.82) is 0 Å². The number of aryl methyl sites for hydroxylation is 1. The molecule has 0 radical (unpaired) electrons. The summed E-state index contributed by atoms with van der Waals surface area (Å²) in [6.45, 7) is 6.59. The molecule has 0 aliphatic rings. The van der Waals surface area contributed by atoms with Crippen LogP contribution in [-0.2, 0) is 23.2 Å².